The highest BCUT2D eigenvalue weighted by Gasteiger charge is 2.46. The van der Waals surface area contributed by atoms with Gasteiger partial charge in [0.25, 0.3) is 11.7 Å². The number of hydrogen-bond donors (Lipinski definition) is 1. The number of ether oxygens (including phenoxy) is 3. The zero-order valence-electron chi connectivity index (χ0n) is 22.2. The van der Waals surface area contributed by atoms with Crippen LogP contribution in [-0.2, 0) is 14.3 Å². The van der Waals surface area contributed by atoms with Crippen molar-refractivity contribution in [2.45, 2.75) is 26.3 Å². The number of morpholine rings is 1. The molecule has 0 radical (unpaired) electrons. The van der Waals surface area contributed by atoms with Gasteiger partial charge in [-0.1, -0.05) is 31.7 Å². The van der Waals surface area contributed by atoms with E-state index in [1.54, 1.807) is 35.2 Å². The Kier molecular flexibility index (Phi) is 9.20. The van der Waals surface area contributed by atoms with Crippen molar-refractivity contribution >= 4 is 17.4 Å². The maximum absolute atomic E-state index is 13.4. The molecule has 1 amide bonds. The third kappa shape index (κ3) is 6.09. The first-order chi connectivity index (χ1) is 18.4. The molecule has 1 atom stereocenters. The molecule has 1 N–H and O–H groups in total. The second kappa shape index (κ2) is 12.8. The van der Waals surface area contributed by atoms with E-state index in [1.807, 2.05) is 32.0 Å². The number of hydrogen-bond acceptors (Lipinski definition) is 7. The summed E-state index contributed by atoms with van der Waals surface area (Å²) in [5.74, 6) is -0.144. The predicted molar refractivity (Wildman–Crippen MR) is 145 cm³/mol. The summed E-state index contributed by atoms with van der Waals surface area (Å²) in [6, 6.07) is 11.9. The maximum atomic E-state index is 13.4. The van der Waals surface area contributed by atoms with Gasteiger partial charge in [0, 0.05) is 31.7 Å². The third-order valence-electron chi connectivity index (χ3n) is 6.79. The van der Waals surface area contributed by atoms with Crippen LogP contribution in [0.4, 0.5) is 0 Å². The minimum absolute atomic E-state index is 0.0852. The van der Waals surface area contributed by atoms with Gasteiger partial charge in [0.15, 0.2) is 0 Å². The molecule has 0 aliphatic carbocycles. The first-order valence-corrected chi connectivity index (χ1v) is 13.1. The Morgan fingerprint density at radius 3 is 2.45 bits per heavy atom. The molecule has 0 bridgehead atoms. The van der Waals surface area contributed by atoms with Gasteiger partial charge < -0.3 is 24.2 Å². The van der Waals surface area contributed by atoms with Crippen LogP contribution in [-0.4, -0.2) is 79.2 Å². The number of aryl methyl sites for hydroxylation is 1. The Balaban J connectivity index is 1.71. The van der Waals surface area contributed by atoms with E-state index < -0.39 is 17.7 Å². The van der Waals surface area contributed by atoms with E-state index in [4.69, 9.17) is 14.2 Å². The first-order valence-electron chi connectivity index (χ1n) is 13.1. The minimum atomic E-state index is -0.722. The van der Waals surface area contributed by atoms with Gasteiger partial charge in [-0.05, 0) is 54.8 Å². The molecular weight excluding hydrogens is 484 g/mol. The summed E-state index contributed by atoms with van der Waals surface area (Å²) in [4.78, 5) is 30.5. The molecule has 38 heavy (non-hydrogen) atoms. The molecule has 2 aliphatic heterocycles. The van der Waals surface area contributed by atoms with Crippen molar-refractivity contribution in [1.82, 2.24) is 9.80 Å². The van der Waals surface area contributed by atoms with E-state index in [2.05, 4.69) is 11.5 Å². The standard InChI is InChI=1S/C30H36N2O6/c1-4-16-37-23-8-6-22(7-9-23)27-26(28(33)25-11-10-24(20-21(25)3)38-17-5-2)29(34)30(35)32(27)13-12-31-14-18-36-19-15-31/h4,6-11,20,27,33H,1,5,12-19H2,2-3H3/b28-26+. The van der Waals surface area contributed by atoms with E-state index in [9.17, 15) is 14.7 Å². The molecule has 8 nitrogen and oxygen atoms in total. The summed E-state index contributed by atoms with van der Waals surface area (Å²) in [5.41, 5.74) is 2.06. The van der Waals surface area contributed by atoms with Crippen LogP contribution in [0.15, 0.2) is 60.7 Å². The number of aliphatic hydroxyl groups is 1. The van der Waals surface area contributed by atoms with Crippen LogP contribution in [0.2, 0.25) is 0 Å². The lowest BCUT2D eigenvalue weighted by Gasteiger charge is -2.31. The number of amides is 1. The normalized spacial score (nSPS) is 19.5. The fourth-order valence-corrected chi connectivity index (χ4v) is 4.79. The van der Waals surface area contributed by atoms with Gasteiger partial charge in [-0.25, -0.2) is 0 Å². The van der Waals surface area contributed by atoms with Crippen molar-refractivity contribution in [3.05, 3.63) is 77.4 Å². The lowest BCUT2D eigenvalue weighted by molar-refractivity contribution is -0.140. The molecule has 0 saturated carbocycles. The predicted octanol–water partition coefficient (Wildman–Crippen LogP) is 4.10. The number of benzene rings is 2. The average molecular weight is 521 g/mol. The van der Waals surface area contributed by atoms with Crippen molar-refractivity contribution in [2.75, 3.05) is 52.6 Å². The summed E-state index contributed by atoms with van der Waals surface area (Å²) in [5, 5.41) is 11.5. The number of Topliss-reactive ketones (excluding diaryl/α,β-unsaturated/α-hetero) is 1. The van der Waals surface area contributed by atoms with E-state index in [-0.39, 0.29) is 11.3 Å². The molecule has 2 saturated heterocycles. The lowest BCUT2D eigenvalue weighted by atomic mass is 9.94. The number of aliphatic hydroxyl groups excluding tert-OH is 1. The van der Waals surface area contributed by atoms with Gasteiger partial charge in [-0.3, -0.25) is 14.5 Å². The Morgan fingerprint density at radius 2 is 1.79 bits per heavy atom. The second-order valence-corrected chi connectivity index (χ2v) is 9.44. The monoisotopic (exact) mass is 520 g/mol. The molecule has 8 heteroatoms. The zero-order chi connectivity index (χ0) is 27.1. The number of likely N-dealkylation sites (tertiary alicyclic amines) is 1. The van der Waals surface area contributed by atoms with Gasteiger partial charge in [0.1, 0.15) is 23.9 Å². The van der Waals surface area contributed by atoms with Crippen molar-refractivity contribution < 1.29 is 28.9 Å². The fourth-order valence-electron chi connectivity index (χ4n) is 4.79. The number of nitrogens with zero attached hydrogens (tertiary/aromatic N) is 2. The van der Waals surface area contributed by atoms with Crippen molar-refractivity contribution in [3.8, 4) is 11.5 Å². The minimum Gasteiger partial charge on any atom is -0.507 e. The highest BCUT2D eigenvalue weighted by molar-refractivity contribution is 6.46. The van der Waals surface area contributed by atoms with Crippen LogP contribution < -0.4 is 9.47 Å². The van der Waals surface area contributed by atoms with Crippen LogP contribution in [0.25, 0.3) is 5.76 Å². The van der Waals surface area contributed by atoms with Gasteiger partial charge in [-0.2, -0.15) is 0 Å². The molecule has 0 spiro atoms. The summed E-state index contributed by atoms with van der Waals surface area (Å²) < 4.78 is 16.8. The van der Waals surface area contributed by atoms with Gasteiger partial charge in [-0.15, -0.1) is 0 Å². The highest BCUT2D eigenvalue weighted by Crippen LogP contribution is 2.40. The second-order valence-electron chi connectivity index (χ2n) is 9.44. The zero-order valence-corrected chi connectivity index (χ0v) is 22.2. The van der Waals surface area contributed by atoms with Crippen molar-refractivity contribution in [1.29, 1.82) is 0 Å². The van der Waals surface area contributed by atoms with Crippen molar-refractivity contribution in [2.24, 2.45) is 0 Å². The summed E-state index contributed by atoms with van der Waals surface area (Å²) in [6.45, 7) is 12.3. The first kappa shape index (κ1) is 27.4. The van der Waals surface area contributed by atoms with Crippen LogP contribution >= 0.6 is 0 Å². The summed E-state index contributed by atoms with van der Waals surface area (Å²) in [6.07, 6.45) is 2.54. The smallest absolute Gasteiger partial charge is 0.295 e. The van der Waals surface area contributed by atoms with Crippen LogP contribution in [0.3, 0.4) is 0 Å². The average Bonchev–Trinajstić information content (AvgIpc) is 3.19. The number of carbonyl (C=O) groups excluding carboxylic acids is 2. The van der Waals surface area contributed by atoms with Crippen molar-refractivity contribution in [3.63, 3.8) is 0 Å². The Labute approximate surface area is 224 Å². The lowest BCUT2D eigenvalue weighted by Crippen LogP contribution is -2.42. The third-order valence-corrected chi connectivity index (χ3v) is 6.79. The SMILES string of the molecule is C=CCOc1ccc(C2/C(=C(\O)c3ccc(OCCC)cc3C)C(=O)C(=O)N2CCN2CCOCC2)cc1. The molecule has 0 aromatic heterocycles. The Morgan fingerprint density at radius 1 is 1.08 bits per heavy atom. The fraction of sp³-hybridized carbons (Fsp3) is 0.400. The molecular formula is C30H36N2O6. The number of carbonyl (C=O) groups is 2. The number of rotatable bonds is 11. The van der Waals surface area contributed by atoms with Crippen LogP contribution in [0, 0.1) is 6.92 Å². The Bertz CT molecular complexity index is 1180. The molecule has 1 unspecified atom stereocenters. The molecule has 2 heterocycles. The van der Waals surface area contributed by atoms with Gasteiger partial charge >= 0.3 is 0 Å². The van der Waals surface area contributed by atoms with Crippen LogP contribution in [0.5, 0.6) is 11.5 Å². The molecule has 2 fully saturated rings. The maximum Gasteiger partial charge on any atom is 0.295 e. The molecule has 2 aromatic rings. The quantitative estimate of drug-likeness (QED) is 0.207. The molecule has 2 aromatic carbocycles. The summed E-state index contributed by atoms with van der Waals surface area (Å²) in [7, 11) is 0. The highest BCUT2D eigenvalue weighted by atomic mass is 16.5. The number of ketones is 1. The van der Waals surface area contributed by atoms with E-state index in [1.165, 1.54) is 0 Å². The molecule has 2 aliphatic rings. The van der Waals surface area contributed by atoms with E-state index >= 15 is 0 Å². The van der Waals surface area contributed by atoms with Crippen LogP contribution in [0.1, 0.15) is 36.1 Å². The Hall–Kier alpha value is -3.62. The van der Waals surface area contributed by atoms with E-state index in [0.717, 1.165) is 30.6 Å². The topological polar surface area (TPSA) is 88.5 Å². The van der Waals surface area contributed by atoms with Gasteiger partial charge in [0.2, 0.25) is 0 Å². The molecule has 202 valence electrons. The largest absolute Gasteiger partial charge is 0.507 e. The summed E-state index contributed by atoms with van der Waals surface area (Å²) >= 11 is 0. The van der Waals surface area contributed by atoms with E-state index in [0.29, 0.717) is 56.6 Å². The van der Waals surface area contributed by atoms with Gasteiger partial charge in [0.05, 0.1) is 31.4 Å². The molecule has 4 rings (SSSR count).